The van der Waals surface area contributed by atoms with Crippen molar-refractivity contribution in [2.24, 2.45) is 0 Å². The molecular formula is C24H20N2O. The molecule has 0 atom stereocenters. The smallest absolute Gasteiger partial charge is 0.123 e. The summed E-state index contributed by atoms with van der Waals surface area (Å²) in [5.74, 6) is 0.876. The number of anilines is 2. The number of rotatable bonds is 4. The summed E-state index contributed by atoms with van der Waals surface area (Å²) in [6, 6.07) is 31.2. The fraction of sp³-hybridized carbons (Fsp3) is 0.0833. The predicted octanol–water partition coefficient (Wildman–Crippen LogP) is 5.96. The van der Waals surface area contributed by atoms with E-state index in [2.05, 4.69) is 71.3 Å². The van der Waals surface area contributed by atoms with E-state index in [9.17, 15) is 0 Å². The Balaban J connectivity index is 1.34. The van der Waals surface area contributed by atoms with E-state index < -0.39 is 0 Å². The van der Waals surface area contributed by atoms with Gasteiger partial charge in [0.2, 0.25) is 0 Å². The zero-order chi connectivity index (χ0) is 18.1. The number of hydrogen-bond acceptors (Lipinski definition) is 3. The molecule has 0 amide bonds. The zero-order valence-electron chi connectivity index (χ0n) is 14.9. The summed E-state index contributed by atoms with van der Waals surface area (Å²) in [5.41, 5.74) is 4.67. The molecule has 27 heavy (non-hydrogen) atoms. The van der Waals surface area contributed by atoms with E-state index in [4.69, 9.17) is 4.74 Å². The molecule has 0 saturated carbocycles. The van der Waals surface area contributed by atoms with Crippen LogP contribution in [0.2, 0.25) is 0 Å². The molecule has 0 aromatic heterocycles. The SMILES string of the molecule is c1ccc(COc2ccc(C3Nc4cccc5cccc(c45)N3)cc2)cc1. The Labute approximate surface area is 158 Å². The Kier molecular flexibility index (Phi) is 3.91. The molecule has 0 aliphatic carbocycles. The molecule has 0 unspecified atom stereocenters. The highest BCUT2D eigenvalue weighted by Crippen LogP contribution is 2.38. The van der Waals surface area contributed by atoms with Gasteiger partial charge in [0.05, 0.1) is 0 Å². The monoisotopic (exact) mass is 352 g/mol. The van der Waals surface area contributed by atoms with Crippen LogP contribution in [-0.4, -0.2) is 0 Å². The van der Waals surface area contributed by atoms with Crippen molar-refractivity contribution in [2.45, 2.75) is 12.8 Å². The van der Waals surface area contributed by atoms with Crippen LogP contribution in [0, 0.1) is 0 Å². The largest absolute Gasteiger partial charge is 0.489 e. The van der Waals surface area contributed by atoms with Crippen LogP contribution < -0.4 is 15.4 Å². The first-order valence-corrected chi connectivity index (χ1v) is 9.18. The van der Waals surface area contributed by atoms with Crippen molar-refractivity contribution in [2.75, 3.05) is 10.6 Å². The second kappa shape index (κ2) is 6.69. The highest BCUT2D eigenvalue weighted by Gasteiger charge is 2.19. The quantitative estimate of drug-likeness (QED) is 0.476. The fourth-order valence-corrected chi connectivity index (χ4v) is 3.59. The maximum absolute atomic E-state index is 5.90. The van der Waals surface area contributed by atoms with Crippen molar-refractivity contribution in [3.8, 4) is 5.75 Å². The topological polar surface area (TPSA) is 33.3 Å². The first-order chi connectivity index (χ1) is 13.4. The lowest BCUT2D eigenvalue weighted by molar-refractivity contribution is 0.306. The molecule has 132 valence electrons. The average Bonchev–Trinajstić information content (AvgIpc) is 2.74. The Morgan fingerprint density at radius 2 is 1.33 bits per heavy atom. The van der Waals surface area contributed by atoms with Crippen molar-refractivity contribution >= 4 is 22.1 Å². The first-order valence-electron chi connectivity index (χ1n) is 9.18. The van der Waals surface area contributed by atoms with Crippen LogP contribution >= 0.6 is 0 Å². The van der Waals surface area contributed by atoms with Gasteiger partial charge in [-0.1, -0.05) is 66.7 Å². The summed E-state index contributed by atoms with van der Waals surface area (Å²) in [7, 11) is 0. The molecule has 1 aliphatic heterocycles. The third kappa shape index (κ3) is 3.08. The second-order valence-corrected chi connectivity index (χ2v) is 6.77. The minimum Gasteiger partial charge on any atom is -0.489 e. The van der Waals surface area contributed by atoms with Gasteiger partial charge in [-0.2, -0.15) is 0 Å². The lowest BCUT2D eigenvalue weighted by Crippen LogP contribution is -2.23. The normalized spacial score (nSPS) is 13.0. The van der Waals surface area contributed by atoms with Crippen molar-refractivity contribution in [1.29, 1.82) is 0 Å². The summed E-state index contributed by atoms with van der Waals surface area (Å²) >= 11 is 0. The predicted molar refractivity (Wildman–Crippen MR) is 111 cm³/mol. The van der Waals surface area contributed by atoms with Crippen molar-refractivity contribution in [3.05, 3.63) is 102 Å². The average molecular weight is 352 g/mol. The highest BCUT2D eigenvalue weighted by molar-refractivity contribution is 6.04. The molecule has 3 heteroatoms. The van der Waals surface area contributed by atoms with Crippen LogP contribution in [0.5, 0.6) is 5.75 Å². The summed E-state index contributed by atoms with van der Waals surface area (Å²) in [6.45, 7) is 0.579. The van der Waals surface area contributed by atoms with E-state index >= 15 is 0 Å². The van der Waals surface area contributed by atoms with Crippen LogP contribution in [0.1, 0.15) is 17.3 Å². The summed E-state index contributed by atoms with van der Waals surface area (Å²) in [5, 5.41) is 9.70. The van der Waals surface area contributed by atoms with Crippen molar-refractivity contribution in [3.63, 3.8) is 0 Å². The van der Waals surface area contributed by atoms with Gasteiger partial charge >= 0.3 is 0 Å². The fourth-order valence-electron chi connectivity index (χ4n) is 3.59. The number of ether oxygens (including phenoxy) is 1. The Morgan fingerprint density at radius 3 is 2.00 bits per heavy atom. The molecule has 3 nitrogen and oxygen atoms in total. The third-order valence-electron chi connectivity index (χ3n) is 4.97. The van der Waals surface area contributed by atoms with Gasteiger partial charge < -0.3 is 15.4 Å². The van der Waals surface area contributed by atoms with Gasteiger partial charge in [-0.05, 0) is 40.8 Å². The van der Waals surface area contributed by atoms with Gasteiger partial charge in [-0.25, -0.2) is 0 Å². The zero-order valence-corrected chi connectivity index (χ0v) is 14.9. The Hall–Kier alpha value is -3.46. The standard InChI is InChI=1S/C24H20N2O/c1-2-6-17(7-3-1)16-27-20-14-12-19(13-15-20)24-25-21-10-4-8-18-9-5-11-22(26-24)23(18)21/h1-15,24-26H,16H2. The molecule has 5 rings (SSSR count). The molecule has 4 aromatic rings. The van der Waals surface area contributed by atoms with Crippen LogP contribution in [-0.2, 0) is 6.61 Å². The van der Waals surface area contributed by atoms with E-state index in [0.717, 1.165) is 17.1 Å². The van der Waals surface area contributed by atoms with Crippen LogP contribution in [0.15, 0.2) is 91.0 Å². The Bertz CT molecular complexity index is 1030. The van der Waals surface area contributed by atoms with E-state index in [1.165, 1.54) is 21.9 Å². The first kappa shape index (κ1) is 15.8. The molecule has 4 aromatic carbocycles. The lowest BCUT2D eigenvalue weighted by Gasteiger charge is -2.29. The maximum Gasteiger partial charge on any atom is 0.123 e. The molecule has 1 heterocycles. The summed E-state index contributed by atoms with van der Waals surface area (Å²) in [6.07, 6.45) is 0.0358. The van der Waals surface area contributed by atoms with E-state index in [1.807, 2.05) is 30.3 Å². The van der Waals surface area contributed by atoms with E-state index in [-0.39, 0.29) is 6.17 Å². The minimum absolute atomic E-state index is 0.0358. The molecule has 0 bridgehead atoms. The van der Waals surface area contributed by atoms with Crippen molar-refractivity contribution in [1.82, 2.24) is 0 Å². The van der Waals surface area contributed by atoms with E-state index in [0.29, 0.717) is 6.61 Å². The molecular weight excluding hydrogens is 332 g/mol. The van der Waals surface area contributed by atoms with E-state index in [1.54, 1.807) is 0 Å². The number of benzene rings is 4. The van der Waals surface area contributed by atoms with Gasteiger partial charge in [0.1, 0.15) is 18.5 Å². The van der Waals surface area contributed by atoms with Crippen LogP contribution in [0.25, 0.3) is 10.8 Å². The highest BCUT2D eigenvalue weighted by atomic mass is 16.5. The Morgan fingerprint density at radius 1 is 0.667 bits per heavy atom. The van der Waals surface area contributed by atoms with Crippen LogP contribution in [0.4, 0.5) is 11.4 Å². The molecule has 0 saturated heterocycles. The molecule has 2 N–H and O–H groups in total. The second-order valence-electron chi connectivity index (χ2n) is 6.77. The molecule has 0 spiro atoms. The third-order valence-corrected chi connectivity index (χ3v) is 4.97. The molecule has 1 aliphatic rings. The van der Waals surface area contributed by atoms with Crippen molar-refractivity contribution < 1.29 is 4.74 Å². The van der Waals surface area contributed by atoms with Gasteiger partial charge in [0.15, 0.2) is 0 Å². The lowest BCUT2D eigenvalue weighted by atomic mass is 10.0. The number of hydrogen-bond donors (Lipinski definition) is 2. The minimum atomic E-state index is 0.0358. The molecule has 0 radical (unpaired) electrons. The molecule has 0 fully saturated rings. The van der Waals surface area contributed by atoms with Gasteiger partial charge in [0.25, 0.3) is 0 Å². The van der Waals surface area contributed by atoms with Gasteiger partial charge in [0, 0.05) is 16.8 Å². The van der Waals surface area contributed by atoms with Gasteiger partial charge in [-0.3, -0.25) is 0 Å². The number of nitrogens with one attached hydrogen (secondary N) is 2. The summed E-state index contributed by atoms with van der Waals surface area (Å²) in [4.78, 5) is 0. The van der Waals surface area contributed by atoms with Crippen LogP contribution in [0.3, 0.4) is 0 Å². The van der Waals surface area contributed by atoms with Gasteiger partial charge in [-0.15, -0.1) is 0 Å². The summed E-state index contributed by atoms with van der Waals surface area (Å²) < 4.78 is 5.90. The maximum atomic E-state index is 5.90.